The molecular formula is C32H29F2N7O2. The third kappa shape index (κ3) is 5.08. The zero-order chi connectivity index (χ0) is 30.2. The van der Waals surface area contributed by atoms with E-state index in [0.29, 0.717) is 63.0 Å². The number of pyridine rings is 2. The van der Waals surface area contributed by atoms with Gasteiger partial charge in [-0.15, -0.1) is 0 Å². The van der Waals surface area contributed by atoms with Gasteiger partial charge in [-0.25, -0.2) is 23.7 Å². The van der Waals surface area contributed by atoms with Gasteiger partial charge in [0.15, 0.2) is 0 Å². The lowest BCUT2D eigenvalue weighted by Crippen LogP contribution is -2.15. The van der Waals surface area contributed by atoms with E-state index in [2.05, 4.69) is 20.3 Å². The number of fused-ring (bicyclic) bond motifs is 2. The van der Waals surface area contributed by atoms with Gasteiger partial charge in [-0.2, -0.15) is 0 Å². The molecule has 4 heterocycles. The number of nitrogens with one attached hydrogen (secondary N) is 1. The third-order valence-corrected chi connectivity index (χ3v) is 7.40. The number of hydrogen-bond donors (Lipinski definition) is 2. The minimum atomic E-state index is -0.508. The van der Waals surface area contributed by atoms with Crippen LogP contribution in [0, 0.1) is 11.6 Å². The van der Waals surface area contributed by atoms with Crippen molar-refractivity contribution in [2.45, 2.75) is 26.4 Å². The van der Waals surface area contributed by atoms with Crippen LogP contribution in [-0.4, -0.2) is 37.8 Å². The Morgan fingerprint density at radius 1 is 0.953 bits per heavy atom. The first-order chi connectivity index (χ1) is 20.8. The van der Waals surface area contributed by atoms with E-state index < -0.39 is 11.6 Å². The minimum absolute atomic E-state index is 0.0108. The molecule has 0 atom stereocenters. The maximum absolute atomic E-state index is 15.8. The first-order valence-corrected chi connectivity index (χ1v) is 13.7. The van der Waals surface area contributed by atoms with Crippen LogP contribution < -0.4 is 16.5 Å². The molecule has 0 bridgehead atoms. The Bertz CT molecular complexity index is 2040. The number of hydrogen-bond acceptors (Lipinski definition) is 7. The predicted molar refractivity (Wildman–Crippen MR) is 164 cm³/mol. The zero-order valence-corrected chi connectivity index (χ0v) is 23.8. The maximum atomic E-state index is 15.8. The van der Waals surface area contributed by atoms with Crippen molar-refractivity contribution in [2.75, 3.05) is 24.8 Å². The summed E-state index contributed by atoms with van der Waals surface area (Å²) < 4.78 is 38.4. The van der Waals surface area contributed by atoms with Crippen LogP contribution in [0.4, 0.5) is 26.1 Å². The van der Waals surface area contributed by atoms with Gasteiger partial charge in [0.25, 0.3) is 0 Å². The van der Waals surface area contributed by atoms with Crippen LogP contribution in [0.3, 0.4) is 0 Å². The number of aromatic nitrogens is 5. The quantitative estimate of drug-likeness (QED) is 0.217. The Hall–Kier alpha value is -5.16. The standard InChI is InChI=1S/C32H29F2N7O2/c1-18(2)41-16-23(19-4-6-20(33)7-5-19)29(42)28-26(41)10-11-36-31(28)39-21-8-9-22(25(34)14-21)24-15-40(12-13-43-3)32-27(24)30(35)37-17-38-32/h4-11,14-18H,12-13H2,1-3H3,(H,36,39)(H2,35,37,38). The summed E-state index contributed by atoms with van der Waals surface area (Å²) in [5.41, 5.74) is 9.43. The van der Waals surface area contributed by atoms with Crippen LogP contribution in [-0.2, 0) is 11.3 Å². The van der Waals surface area contributed by atoms with Crippen LogP contribution in [0.1, 0.15) is 19.9 Å². The lowest BCUT2D eigenvalue weighted by molar-refractivity contribution is 0.188. The molecule has 0 saturated heterocycles. The van der Waals surface area contributed by atoms with Gasteiger partial charge < -0.3 is 24.9 Å². The first kappa shape index (κ1) is 28.0. The van der Waals surface area contributed by atoms with E-state index in [9.17, 15) is 9.18 Å². The largest absolute Gasteiger partial charge is 0.383 e. The Labute approximate surface area is 245 Å². The summed E-state index contributed by atoms with van der Waals surface area (Å²) in [6.45, 7) is 4.96. The van der Waals surface area contributed by atoms with Crippen molar-refractivity contribution in [2.24, 2.45) is 0 Å². The van der Waals surface area contributed by atoms with Crippen molar-refractivity contribution in [3.63, 3.8) is 0 Å². The van der Waals surface area contributed by atoms with E-state index in [1.807, 2.05) is 23.0 Å². The molecule has 0 radical (unpaired) electrons. The lowest BCUT2D eigenvalue weighted by Gasteiger charge is -2.19. The predicted octanol–water partition coefficient (Wildman–Crippen LogP) is 6.31. The number of ether oxygens (including phenoxy) is 1. The molecule has 0 aliphatic rings. The SMILES string of the molecule is COCCn1cc(-c2ccc(Nc3nccc4c3c(=O)c(-c3ccc(F)cc3)cn4C(C)C)cc2F)c2c(N)ncnc21. The van der Waals surface area contributed by atoms with Gasteiger partial charge in [0.05, 0.1) is 22.9 Å². The van der Waals surface area contributed by atoms with Crippen LogP contribution >= 0.6 is 0 Å². The summed E-state index contributed by atoms with van der Waals surface area (Å²) in [6.07, 6.45) is 6.54. The van der Waals surface area contributed by atoms with E-state index in [0.717, 1.165) is 0 Å². The number of nitrogens with zero attached hydrogens (tertiary/aromatic N) is 5. The van der Waals surface area contributed by atoms with Crippen molar-refractivity contribution in [3.8, 4) is 22.3 Å². The Balaban J connectivity index is 1.44. The van der Waals surface area contributed by atoms with Crippen molar-refractivity contribution < 1.29 is 13.5 Å². The number of halogens is 2. The van der Waals surface area contributed by atoms with Crippen LogP contribution in [0.25, 0.3) is 44.2 Å². The molecule has 0 aliphatic carbocycles. The Morgan fingerprint density at radius 3 is 2.47 bits per heavy atom. The second-order valence-electron chi connectivity index (χ2n) is 10.4. The number of anilines is 3. The van der Waals surface area contributed by atoms with Crippen molar-refractivity contribution in [1.29, 1.82) is 0 Å². The molecule has 4 aromatic heterocycles. The second kappa shape index (κ2) is 11.3. The first-order valence-electron chi connectivity index (χ1n) is 13.7. The smallest absolute Gasteiger partial charge is 0.200 e. The molecule has 2 aromatic carbocycles. The second-order valence-corrected chi connectivity index (χ2v) is 10.4. The van der Waals surface area contributed by atoms with Gasteiger partial charge >= 0.3 is 0 Å². The lowest BCUT2D eigenvalue weighted by atomic mass is 10.0. The fourth-order valence-corrected chi connectivity index (χ4v) is 5.31. The summed E-state index contributed by atoms with van der Waals surface area (Å²) in [4.78, 5) is 26.8. The summed E-state index contributed by atoms with van der Waals surface area (Å²) in [7, 11) is 1.61. The monoisotopic (exact) mass is 581 g/mol. The van der Waals surface area contributed by atoms with E-state index in [4.69, 9.17) is 10.5 Å². The number of nitrogen functional groups attached to an aromatic ring is 1. The fraction of sp³-hybridized carbons (Fsp3) is 0.188. The molecular weight excluding hydrogens is 552 g/mol. The Morgan fingerprint density at radius 2 is 1.74 bits per heavy atom. The highest BCUT2D eigenvalue weighted by atomic mass is 19.1. The van der Waals surface area contributed by atoms with Gasteiger partial charge in [-0.3, -0.25) is 4.79 Å². The molecule has 0 fully saturated rings. The van der Waals surface area contributed by atoms with Gasteiger partial charge in [0.2, 0.25) is 5.43 Å². The summed E-state index contributed by atoms with van der Waals surface area (Å²) in [6, 6.07) is 12.3. The van der Waals surface area contributed by atoms with E-state index in [1.54, 1.807) is 56.0 Å². The highest BCUT2D eigenvalue weighted by Crippen LogP contribution is 2.36. The van der Waals surface area contributed by atoms with Crippen molar-refractivity contribution in [1.82, 2.24) is 24.1 Å². The Kier molecular flexibility index (Phi) is 7.32. The summed E-state index contributed by atoms with van der Waals surface area (Å²) >= 11 is 0. The van der Waals surface area contributed by atoms with E-state index >= 15 is 4.39 Å². The average molecular weight is 582 g/mol. The van der Waals surface area contributed by atoms with Crippen molar-refractivity contribution >= 4 is 39.3 Å². The molecule has 0 unspecified atom stereocenters. The third-order valence-electron chi connectivity index (χ3n) is 7.40. The van der Waals surface area contributed by atoms with Crippen molar-refractivity contribution in [3.05, 3.63) is 95.3 Å². The fourth-order valence-electron chi connectivity index (χ4n) is 5.31. The molecule has 3 N–H and O–H groups in total. The number of rotatable bonds is 8. The molecule has 43 heavy (non-hydrogen) atoms. The summed E-state index contributed by atoms with van der Waals surface area (Å²) in [5, 5.41) is 4.04. The number of benzene rings is 2. The normalized spacial score (nSPS) is 11.6. The molecule has 9 nitrogen and oxygen atoms in total. The molecule has 0 aliphatic heterocycles. The molecule has 218 valence electrons. The van der Waals surface area contributed by atoms with E-state index in [-0.39, 0.29) is 23.1 Å². The molecule has 6 rings (SSSR count). The highest BCUT2D eigenvalue weighted by molar-refractivity contribution is 6.01. The van der Waals surface area contributed by atoms with Crippen LogP contribution in [0.5, 0.6) is 0 Å². The topological polar surface area (TPSA) is 113 Å². The zero-order valence-electron chi connectivity index (χ0n) is 23.8. The molecule has 0 spiro atoms. The van der Waals surface area contributed by atoms with Gasteiger partial charge in [-0.1, -0.05) is 12.1 Å². The maximum Gasteiger partial charge on any atom is 0.200 e. The van der Waals surface area contributed by atoms with E-state index in [1.165, 1.54) is 24.5 Å². The minimum Gasteiger partial charge on any atom is -0.383 e. The summed E-state index contributed by atoms with van der Waals surface area (Å²) in [5.74, 6) is -0.373. The molecule has 0 saturated carbocycles. The van der Waals surface area contributed by atoms with Gasteiger partial charge in [0.1, 0.15) is 35.2 Å². The number of methoxy groups -OCH3 is 1. The van der Waals surface area contributed by atoms with Crippen LogP contribution in [0.2, 0.25) is 0 Å². The highest BCUT2D eigenvalue weighted by Gasteiger charge is 2.20. The molecule has 11 heteroatoms. The molecule has 0 amide bonds. The molecule has 6 aromatic rings. The number of nitrogens with two attached hydrogens (primary N) is 1. The van der Waals surface area contributed by atoms with Gasteiger partial charge in [-0.05, 0) is 55.8 Å². The van der Waals surface area contributed by atoms with Crippen LogP contribution in [0.15, 0.2) is 78.2 Å². The van der Waals surface area contributed by atoms with Gasteiger partial charge in [0, 0.05) is 60.7 Å². The average Bonchev–Trinajstić information content (AvgIpc) is 3.36.